The highest BCUT2D eigenvalue weighted by Gasteiger charge is 2.49. The van der Waals surface area contributed by atoms with E-state index in [0.29, 0.717) is 19.4 Å². The lowest BCUT2D eigenvalue weighted by Crippen LogP contribution is -2.44. The molecular weight excluding hydrogens is 258 g/mol. The summed E-state index contributed by atoms with van der Waals surface area (Å²) in [6.45, 7) is 0.399. The molecular formula is C11H13NO3S2. The average Bonchev–Trinajstić information content (AvgIpc) is 2.90. The van der Waals surface area contributed by atoms with Crippen molar-refractivity contribution >= 4 is 27.1 Å². The summed E-state index contributed by atoms with van der Waals surface area (Å²) in [4.78, 5) is 13.8. The van der Waals surface area contributed by atoms with Crippen molar-refractivity contribution in [2.45, 2.75) is 24.1 Å². The molecule has 2 saturated heterocycles. The van der Waals surface area contributed by atoms with Gasteiger partial charge in [-0.1, -0.05) is 0 Å². The van der Waals surface area contributed by atoms with E-state index < -0.39 is 9.84 Å². The Hall–Kier alpha value is -0.880. The highest BCUT2D eigenvalue weighted by atomic mass is 32.2. The van der Waals surface area contributed by atoms with Crippen molar-refractivity contribution in [2.75, 3.05) is 12.3 Å². The second-order valence-electron chi connectivity index (χ2n) is 4.70. The summed E-state index contributed by atoms with van der Waals surface area (Å²) >= 11 is 1.57. The van der Waals surface area contributed by atoms with Crippen LogP contribution < -0.4 is 0 Å². The second kappa shape index (κ2) is 3.81. The highest BCUT2D eigenvalue weighted by molar-refractivity contribution is 7.92. The zero-order chi connectivity index (χ0) is 12.0. The van der Waals surface area contributed by atoms with Crippen LogP contribution in [-0.4, -0.2) is 42.8 Å². The van der Waals surface area contributed by atoms with Crippen LogP contribution in [0.15, 0.2) is 16.8 Å². The van der Waals surface area contributed by atoms with Gasteiger partial charge in [0.1, 0.15) is 0 Å². The van der Waals surface area contributed by atoms with E-state index in [-0.39, 0.29) is 23.0 Å². The number of nitrogens with zero attached hydrogens (tertiary/aromatic N) is 1. The molecule has 3 heterocycles. The Morgan fingerprint density at radius 2 is 2.35 bits per heavy atom. The largest absolute Gasteiger partial charge is 0.337 e. The molecule has 1 aromatic heterocycles. The van der Waals surface area contributed by atoms with Gasteiger partial charge >= 0.3 is 0 Å². The van der Waals surface area contributed by atoms with Gasteiger partial charge in [0.15, 0.2) is 9.84 Å². The van der Waals surface area contributed by atoms with Crippen molar-refractivity contribution in [3.8, 4) is 0 Å². The SMILES string of the molecule is O=C(Cc1ccsc1)N1CC2CC1CS2(=O)=O. The molecule has 0 aliphatic carbocycles. The maximum absolute atomic E-state index is 12.0. The van der Waals surface area contributed by atoms with Crippen LogP contribution >= 0.6 is 11.3 Å². The number of likely N-dealkylation sites (tertiary alicyclic amines) is 1. The van der Waals surface area contributed by atoms with Gasteiger partial charge in [-0.2, -0.15) is 11.3 Å². The quantitative estimate of drug-likeness (QED) is 0.795. The second-order valence-corrected chi connectivity index (χ2v) is 7.80. The molecule has 6 heteroatoms. The zero-order valence-corrected chi connectivity index (χ0v) is 10.8. The molecule has 2 unspecified atom stereocenters. The fourth-order valence-corrected chi connectivity index (χ4v) is 5.37. The summed E-state index contributed by atoms with van der Waals surface area (Å²) in [6.07, 6.45) is 1.03. The Bertz CT molecular complexity index is 535. The minimum absolute atomic E-state index is 0.0609. The van der Waals surface area contributed by atoms with Gasteiger partial charge in [-0.25, -0.2) is 8.42 Å². The molecule has 3 rings (SSSR count). The third-order valence-corrected chi connectivity index (χ3v) is 6.50. The van der Waals surface area contributed by atoms with Crippen LogP contribution in [0, 0.1) is 0 Å². The number of sulfone groups is 1. The predicted molar refractivity (Wildman–Crippen MR) is 65.7 cm³/mol. The first-order valence-electron chi connectivity index (χ1n) is 5.58. The van der Waals surface area contributed by atoms with E-state index in [2.05, 4.69) is 0 Å². The normalized spacial score (nSPS) is 29.8. The topological polar surface area (TPSA) is 54.5 Å². The molecule has 0 saturated carbocycles. The standard InChI is InChI=1S/C11H13NO3S2/c13-11(3-8-1-2-16-6-8)12-5-10-4-9(12)7-17(10,14)15/h1-2,6,9-10H,3-5,7H2. The number of rotatable bonds is 2. The lowest BCUT2D eigenvalue weighted by Gasteiger charge is -2.26. The number of thiophene rings is 1. The summed E-state index contributed by atoms with van der Waals surface area (Å²) in [5, 5.41) is 3.60. The van der Waals surface area contributed by atoms with E-state index in [1.54, 1.807) is 16.2 Å². The molecule has 2 aliphatic rings. The molecule has 0 spiro atoms. The number of carbonyl (C=O) groups is 1. The first-order chi connectivity index (χ1) is 8.06. The Morgan fingerprint density at radius 3 is 2.88 bits per heavy atom. The van der Waals surface area contributed by atoms with Gasteiger partial charge < -0.3 is 4.90 Å². The van der Waals surface area contributed by atoms with Gasteiger partial charge in [-0.05, 0) is 28.8 Å². The number of hydrogen-bond donors (Lipinski definition) is 0. The number of amides is 1. The first kappa shape index (κ1) is 11.2. The van der Waals surface area contributed by atoms with E-state index in [4.69, 9.17) is 0 Å². The lowest BCUT2D eigenvalue weighted by molar-refractivity contribution is -0.131. The molecule has 1 aromatic rings. The predicted octanol–water partition coefficient (Wildman–Crippen LogP) is 0.689. The van der Waals surface area contributed by atoms with Gasteiger partial charge in [0.2, 0.25) is 5.91 Å². The molecule has 17 heavy (non-hydrogen) atoms. The van der Waals surface area contributed by atoms with Crippen molar-refractivity contribution in [3.63, 3.8) is 0 Å². The van der Waals surface area contributed by atoms with E-state index in [1.165, 1.54) is 0 Å². The fraction of sp³-hybridized carbons (Fsp3) is 0.545. The van der Waals surface area contributed by atoms with Crippen molar-refractivity contribution in [3.05, 3.63) is 22.4 Å². The average molecular weight is 271 g/mol. The lowest BCUT2D eigenvalue weighted by atomic mass is 10.2. The van der Waals surface area contributed by atoms with Crippen molar-refractivity contribution in [1.29, 1.82) is 0 Å². The fourth-order valence-electron chi connectivity index (χ4n) is 2.67. The molecule has 92 valence electrons. The van der Waals surface area contributed by atoms with Gasteiger partial charge in [0.05, 0.1) is 17.4 Å². The van der Waals surface area contributed by atoms with Crippen LogP contribution in [0.1, 0.15) is 12.0 Å². The summed E-state index contributed by atoms with van der Waals surface area (Å²) in [7, 11) is -2.91. The van der Waals surface area contributed by atoms with Gasteiger partial charge in [0.25, 0.3) is 0 Å². The molecule has 2 aliphatic heterocycles. The Labute approximate surface area is 104 Å². The Kier molecular flexibility index (Phi) is 2.52. The summed E-state index contributed by atoms with van der Waals surface area (Å²) in [5.41, 5.74) is 1.02. The monoisotopic (exact) mass is 271 g/mol. The molecule has 2 atom stereocenters. The summed E-state index contributed by atoms with van der Waals surface area (Å²) < 4.78 is 23.1. The summed E-state index contributed by atoms with van der Waals surface area (Å²) in [6, 6.07) is 1.87. The van der Waals surface area contributed by atoms with E-state index in [1.807, 2.05) is 16.8 Å². The smallest absolute Gasteiger partial charge is 0.227 e. The number of fused-ring (bicyclic) bond motifs is 2. The molecule has 1 amide bonds. The zero-order valence-electron chi connectivity index (χ0n) is 9.20. The van der Waals surface area contributed by atoms with Crippen LogP contribution in [0.2, 0.25) is 0 Å². The van der Waals surface area contributed by atoms with Gasteiger partial charge in [-0.3, -0.25) is 4.79 Å². The molecule has 0 N–H and O–H groups in total. The highest BCUT2D eigenvalue weighted by Crippen LogP contribution is 2.33. The van der Waals surface area contributed by atoms with E-state index in [9.17, 15) is 13.2 Å². The minimum atomic E-state index is -2.91. The minimum Gasteiger partial charge on any atom is -0.337 e. The maximum Gasteiger partial charge on any atom is 0.227 e. The Balaban J connectivity index is 1.70. The van der Waals surface area contributed by atoms with Crippen LogP contribution in [0.4, 0.5) is 0 Å². The van der Waals surface area contributed by atoms with Crippen molar-refractivity contribution in [1.82, 2.24) is 4.90 Å². The number of carbonyl (C=O) groups excluding carboxylic acids is 1. The molecule has 2 fully saturated rings. The third kappa shape index (κ3) is 1.89. The van der Waals surface area contributed by atoms with E-state index in [0.717, 1.165) is 5.56 Å². The Morgan fingerprint density at radius 1 is 1.53 bits per heavy atom. The molecule has 2 bridgehead atoms. The van der Waals surface area contributed by atoms with Crippen molar-refractivity contribution in [2.24, 2.45) is 0 Å². The van der Waals surface area contributed by atoms with Crippen LogP contribution in [0.25, 0.3) is 0 Å². The molecule has 0 aromatic carbocycles. The van der Waals surface area contributed by atoms with Gasteiger partial charge in [-0.15, -0.1) is 0 Å². The molecule has 0 radical (unpaired) electrons. The van der Waals surface area contributed by atoms with E-state index >= 15 is 0 Å². The molecule has 4 nitrogen and oxygen atoms in total. The first-order valence-corrected chi connectivity index (χ1v) is 8.24. The number of hydrogen-bond acceptors (Lipinski definition) is 4. The summed E-state index contributed by atoms with van der Waals surface area (Å²) in [5.74, 6) is 0.221. The van der Waals surface area contributed by atoms with Crippen LogP contribution in [0.5, 0.6) is 0 Å². The van der Waals surface area contributed by atoms with Crippen LogP contribution in [0.3, 0.4) is 0 Å². The third-order valence-electron chi connectivity index (χ3n) is 3.56. The van der Waals surface area contributed by atoms with Crippen molar-refractivity contribution < 1.29 is 13.2 Å². The maximum atomic E-state index is 12.0. The van der Waals surface area contributed by atoms with Crippen LogP contribution in [-0.2, 0) is 21.1 Å². The van der Waals surface area contributed by atoms with Gasteiger partial charge in [0, 0.05) is 12.6 Å².